The molecule has 0 bridgehead atoms. The average molecular weight is 290 g/mol. The summed E-state index contributed by atoms with van der Waals surface area (Å²) in [6.07, 6.45) is 1.45. The van der Waals surface area contributed by atoms with Gasteiger partial charge in [-0.3, -0.25) is 4.31 Å². The minimum absolute atomic E-state index is 0.0345. The largest absolute Gasteiger partial charge is 0.337 e. The van der Waals surface area contributed by atoms with Crippen LogP contribution < -0.4 is 4.31 Å². The number of nitrogens with zero attached hydrogens (tertiary/aromatic N) is 4. The third-order valence-corrected chi connectivity index (χ3v) is 4.72. The Labute approximate surface area is 118 Å². The molecule has 0 atom stereocenters. The lowest BCUT2D eigenvalue weighted by atomic mass is 10.2. The maximum absolute atomic E-state index is 12.5. The topological polar surface area (TPSA) is 79.0 Å². The van der Waals surface area contributed by atoms with Gasteiger partial charge in [0.15, 0.2) is 5.03 Å². The van der Waals surface area contributed by atoms with Gasteiger partial charge in [0, 0.05) is 20.3 Å². The number of rotatable bonds is 3. The van der Waals surface area contributed by atoms with Gasteiger partial charge in [0.05, 0.1) is 11.3 Å². The van der Waals surface area contributed by atoms with Crippen LogP contribution in [0.1, 0.15) is 11.4 Å². The summed E-state index contributed by atoms with van der Waals surface area (Å²) in [6.45, 7) is 1.72. The van der Waals surface area contributed by atoms with Crippen LogP contribution in [0.5, 0.6) is 0 Å². The third kappa shape index (κ3) is 2.26. The van der Waals surface area contributed by atoms with Gasteiger partial charge in [-0.05, 0) is 19.1 Å². The van der Waals surface area contributed by atoms with Crippen molar-refractivity contribution >= 4 is 15.7 Å². The summed E-state index contributed by atoms with van der Waals surface area (Å²) in [6, 6.07) is 8.52. The van der Waals surface area contributed by atoms with Gasteiger partial charge in [0.2, 0.25) is 0 Å². The summed E-state index contributed by atoms with van der Waals surface area (Å²) < 4.78 is 27.7. The lowest BCUT2D eigenvalue weighted by Gasteiger charge is -2.18. The summed E-state index contributed by atoms with van der Waals surface area (Å²) >= 11 is 0. The molecule has 2 aromatic rings. The Balaban J connectivity index is 2.52. The Morgan fingerprint density at radius 3 is 2.55 bits per heavy atom. The molecule has 0 aliphatic heterocycles. The highest BCUT2D eigenvalue weighted by Crippen LogP contribution is 2.24. The van der Waals surface area contributed by atoms with Crippen LogP contribution in [0, 0.1) is 18.3 Å². The van der Waals surface area contributed by atoms with Gasteiger partial charge < -0.3 is 4.57 Å². The molecule has 1 heterocycles. The molecule has 0 saturated carbocycles. The fourth-order valence-electron chi connectivity index (χ4n) is 1.76. The first-order valence-corrected chi connectivity index (χ1v) is 7.30. The van der Waals surface area contributed by atoms with E-state index in [0.717, 1.165) is 4.31 Å². The normalized spacial score (nSPS) is 11.1. The van der Waals surface area contributed by atoms with Crippen molar-refractivity contribution in [2.75, 3.05) is 11.4 Å². The van der Waals surface area contributed by atoms with Crippen LogP contribution in [0.2, 0.25) is 0 Å². The van der Waals surface area contributed by atoms with Crippen molar-refractivity contribution in [3.05, 3.63) is 41.9 Å². The molecule has 0 amide bonds. The van der Waals surface area contributed by atoms with E-state index >= 15 is 0 Å². The predicted octanol–water partition coefficient (Wildman–Crippen LogP) is 1.43. The van der Waals surface area contributed by atoms with Crippen molar-refractivity contribution in [3.63, 3.8) is 0 Å². The average Bonchev–Trinajstić information content (AvgIpc) is 2.78. The van der Waals surface area contributed by atoms with Crippen LogP contribution in [-0.4, -0.2) is 25.0 Å². The molecule has 0 radical (unpaired) electrons. The van der Waals surface area contributed by atoms with Crippen molar-refractivity contribution in [1.82, 2.24) is 9.55 Å². The summed E-state index contributed by atoms with van der Waals surface area (Å²) in [5, 5.41) is 9.03. The SMILES string of the molecule is Cc1nc(S(=O)(=O)N(C)c2ccccc2C#N)cn1C. The van der Waals surface area contributed by atoms with Gasteiger partial charge in [-0.15, -0.1) is 0 Å². The van der Waals surface area contributed by atoms with Crippen molar-refractivity contribution in [1.29, 1.82) is 5.26 Å². The second-order valence-corrected chi connectivity index (χ2v) is 6.25. The monoisotopic (exact) mass is 290 g/mol. The van der Waals surface area contributed by atoms with Crippen LogP contribution in [0.15, 0.2) is 35.5 Å². The fourth-order valence-corrected chi connectivity index (χ4v) is 3.00. The second-order valence-electron chi connectivity index (χ2n) is 4.34. The third-order valence-electron chi connectivity index (χ3n) is 3.08. The van der Waals surface area contributed by atoms with Crippen molar-refractivity contribution in [2.24, 2.45) is 7.05 Å². The summed E-state index contributed by atoms with van der Waals surface area (Å²) in [5.41, 5.74) is 0.629. The highest BCUT2D eigenvalue weighted by atomic mass is 32.2. The van der Waals surface area contributed by atoms with E-state index in [9.17, 15) is 8.42 Å². The minimum Gasteiger partial charge on any atom is -0.337 e. The van der Waals surface area contributed by atoms with E-state index in [1.54, 1.807) is 42.8 Å². The van der Waals surface area contributed by atoms with Gasteiger partial charge in [-0.25, -0.2) is 4.98 Å². The Morgan fingerprint density at radius 1 is 1.35 bits per heavy atom. The first-order chi connectivity index (χ1) is 9.37. The highest BCUT2D eigenvalue weighted by molar-refractivity contribution is 7.92. The van der Waals surface area contributed by atoms with Crippen LogP contribution in [0.25, 0.3) is 0 Å². The number of anilines is 1. The number of aryl methyl sites for hydroxylation is 2. The fraction of sp³-hybridized carbons (Fsp3) is 0.231. The van der Waals surface area contributed by atoms with E-state index < -0.39 is 10.0 Å². The smallest absolute Gasteiger partial charge is 0.283 e. The lowest BCUT2D eigenvalue weighted by molar-refractivity contribution is 0.591. The number of hydrogen-bond acceptors (Lipinski definition) is 4. The zero-order valence-electron chi connectivity index (χ0n) is 11.4. The van der Waals surface area contributed by atoms with Gasteiger partial charge in [-0.2, -0.15) is 13.7 Å². The number of nitriles is 1. The Bertz CT molecular complexity index is 767. The predicted molar refractivity (Wildman–Crippen MR) is 74.7 cm³/mol. The maximum atomic E-state index is 12.5. The van der Waals surface area contributed by atoms with E-state index in [0.29, 0.717) is 17.1 Å². The van der Waals surface area contributed by atoms with Crippen molar-refractivity contribution in [3.8, 4) is 6.07 Å². The first-order valence-electron chi connectivity index (χ1n) is 5.86. The van der Waals surface area contributed by atoms with E-state index in [1.807, 2.05) is 6.07 Å². The standard InChI is InChI=1S/C13H14N4O2S/c1-10-15-13(9-16(10)2)20(18,19)17(3)12-7-5-4-6-11(12)8-14/h4-7,9H,1-3H3. The molecule has 0 saturated heterocycles. The molecule has 0 aliphatic carbocycles. The lowest BCUT2D eigenvalue weighted by Crippen LogP contribution is -2.27. The first kappa shape index (κ1) is 14.1. The van der Waals surface area contributed by atoms with Crippen LogP contribution >= 0.6 is 0 Å². The number of hydrogen-bond donors (Lipinski definition) is 0. The molecule has 104 valence electrons. The van der Waals surface area contributed by atoms with Crippen LogP contribution in [0.4, 0.5) is 5.69 Å². The molecule has 0 fully saturated rings. The minimum atomic E-state index is -3.78. The number of sulfonamides is 1. The Morgan fingerprint density at radius 2 is 2.00 bits per heavy atom. The zero-order valence-corrected chi connectivity index (χ0v) is 12.2. The molecule has 20 heavy (non-hydrogen) atoms. The Kier molecular flexibility index (Phi) is 3.51. The van der Waals surface area contributed by atoms with E-state index in [2.05, 4.69) is 4.98 Å². The Hall–Kier alpha value is -2.33. The van der Waals surface area contributed by atoms with Gasteiger partial charge in [-0.1, -0.05) is 12.1 Å². The number of aromatic nitrogens is 2. The number of imidazole rings is 1. The molecule has 7 heteroatoms. The molecule has 6 nitrogen and oxygen atoms in total. The second kappa shape index (κ2) is 4.98. The van der Waals surface area contributed by atoms with Gasteiger partial charge in [0.25, 0.3) is 10.0 Å². The molecule has 0 spiro atoms. The molecule has 0 N–H and O–H groups in total. The van der Waals surface area contributed by atoms with E-state index in [-0.39, 0.29) is 5.03 Å². The highest BCUT2D eigenvalue weighted by Gasteiger charge is 2.26. The van der Waals surface area contributed by atoms with Gasteiger partial charge in [0.1, 0.15) is 11.9 Å². The van der Waals surface area contributed by atoms with Crippen molar-refractivity contribution < 1.29 is 8.42 Å². The summed E-state index contributed by atoms with van der Waals surface area (Å²) in [5.74, 6) is 0.602. The summed E-state index contributed by atoms with van der Waals surface area (Å²) in [4.78, 5) is 4.03. The van der Waals surface area contributed by atoms with Gasteiger partial charge >= 0.3 is 0 Å². The molecule has 0 unspecified atom stereocenters. The molecule has 2 rings (SSSR count). The zero-order chi connectivity index (χ0) is 14.9. The maximum Gasteiger partial charge on any atom is 0.283 e. The van der Waals surface area contributed by atoms with Crippen molar-refractivity contribution in [2.45, 2.75) is 11.9 Å². The number of para-hydroxylation sites is 1. The summed E-state index contributed by atoms with van der Waals surface area (Å²) in [7, 11) is -0.637. The van der Waals surface area contributed by atoms with Crippen LogP contribution in [-0.2, 0) is 17.1 Å². The molecular formula is C13H14N4O2S. The molecule has 1 aromatic carbocycles. The quantitative estimate of drug-likeness (QED) is 0.856. The van der Waals surface area contributed by atoms with E-state index in [1.165, 1.54) is 13.2 Å². The molecule has 0 aliphatic rings. The number of benzene rings is 1. The molecular weight excluding hydrogens is 276 g/mol. The molecule has 1 aromatic heterocycles. The van der Waals surface area contributed by atoms with Crippen LogP contribution in [0.3, 0.4) is 0 Å². The van der Waals surface area contributed by atoms with E-state index in [4.69, 9.17) is 5.26 Å².